The number of carboxylic acid groups (broad SMARTS) is 1. The first-order valence-electron chi connectivity index (χ1n) is 3.93. The third-order valence-electron chi connectivity index (χ3n) is 1.34. The Morgan fingerprint density at radius 2 is 2.21 bits per heavy atom. The van der Waals surface area contributed by atoms with Gasteiger partial charge in [0, 0.05) is 0 Å². The Hall–Kier alpha value is -0.700. The van der Waals surface area contributed by atoms with Gasteiger partial charge in [-0.05, 0) is 19.4 Å². The summed E-state index contributed by atoms with van der Waals surface area (Å²) in [6, 6.07) is -1.06. The van der Waals surface area contributed by atoms with Crippen LogP contribution in [-0.2, 0) is 19.2 Å². The molecule has 0 spiro atoms. The van der Waals surface area contributed by atoms with Crippen molar-refractivity contribution >= 4 is 16.1 Å². The van der Waals surface area contributed by atoms with Crippen molar-refractivity contribution in [3.8, 4) is 0 Å². The molecule has 0 aliphatic carbocycles. The van der Waals surface area contributed by atoms with Crippen molar-refractivity contribution < 1.29 is 22.6 Å². The molecule has 1 atom stereocenters. The van der Waals surface area contributed by atoms with Gasteiger partial charge in [0.25, 0.3) is 10.1 Å². The van der Waals surface area contributed by atoms with E-state index in [-0.39, 0.29) is 6.42 Å². The van der Waals surface area contributed by atoms with Crippen molar-refractivity contribution in [1.29, 1.82) is 0 Å². The summed E-state index contributed by atoms with van der Waals surface area (Å²) < 4.78 is 25.2. The fraction of sp³-hybridized carbons (Fsp3) is 0.833. The lowest BCUT2D eigenvalue weighted by Crippen LogP contribution is -2.38. The van der Waals surface area contributed by atoms with Crippen LogP contribution in [-0.4, -0.2) is 38.3 Å². The van der Waals surface area contributed by atoms with Crippen LogP contribution < -0.4 is 11.2 Å². The van der Waals surface area contributed by atoms with Crippen molar-refractivity contribution in [1.82, 2.24) is 5.48 Å². The van der Waals surface area contributed by atoms with Crippen molar-refractivity contribution in [2.24, 2.45) is 5.73 Å². The number of nitrogens with one attached hydrogen (secondary N) is 1. The van der Waals surface area contributed by atoms with Gasteiger partial charge in [0.05, 0.1) is 6.26 Å². The van der Waals surface area contributed by atoms with E-state index in [9.17, 15) is 13.2 Å². The van der Waals surface area contributed by atoms with Crippen LogP contribution in [0.4, 0.5) is 0 Å². The minimum absolute atomic E-state index is 0.210. The average molecular weight is 226 g/mol. The van der Waals surface area contributed by atoms with Crippen molar-refractivity contribution in [2.75, 3.05) is 12.8 Å². The summed E-state index contributed by atoms with van der Waals surface area (Å²) in [5.74, 6) is -1.18. The molecule has 0 unspecified atom stereocenters. The highest BCUT2D eigenvalue weighted by Crippen LogP contribution is 1.97. The SMILES string of the molecule is CS(=O)(=O)ON[C@@H](CCCN)C(=O)O. The second-order valence-corrected chi connectivity index (χ2v) is 4.30. The zero-order chi connectivity index (χ0) is 11.2. The molecule has 8 heteroatoms. The van der Waals surface area contributed by atoms with E-state index in [1.165, 1.54) is 0 Å². The Morgan fingerprint density at radius 1 is 1.64 bits per heavy atom. The average Bonchev–Trinajstić information content (AvgIpc) is 2.01. The van der Waals surface area contributed by atoms with Gasteiger partial charge < -0.3 is 10.8 Å². The van der Waals surface area contributed by atoms with Crippen LogP contribution in [0.5, 0.6) is 0 Å². The zero-order valence-corrected chi connectivity index (χ0v) is 8.58. The Balaban J connectivity index is 4.04. The molecule has 7 nitrogen and oxygen atoms in total. The lowest BCUT2D eigenvalue weighted by Gasteiger charge is -2.11. The quantitative estimate of drug-likeness (QED) is 0.459. The second-order valence-electron chi connectivity index (χ2n) is 2.73. The van der Waals surface area contributed by atoms with Crippen molar-refractivity contribution in [2.45, 2.75) is 18.9 Å². The van der Waals surface area contributed by atoms with Gasteiger partial charge in [0.2, 0.25) is 0 Å². The molecule has 0 heterocycles. The first kappa shape index (κ1) is 13.3. The van der Waals surface area contributed by atoms with Gasteiger partial charge in [-0.25, -0.2) is 0 Å². The van der Waals surface area contributed by atoms with Crippen molar-refractivity contribution in [3.05, 3.63) is 0 Å². The monoisotopic (exact) mass is 226 g/mol. The molecule has 0 amide bonds. The third kappa shape index (κ3) is 6.78. The van der Waals surface area contributed by atoms with Crippen LogP contribution in [0.15, 0.2) is 0 Å². The summed E-state index contributed by atoms with van der Waals surface area (Å²) in [6.45, 7) is 0.338. The molecule has 14 heavy (non-hydrogen) atoms. The molecule has 0 saturated heterocycles. The Bertz CT molecular complexity index is 276. The van der Waals surface area contributed by atoms with E-state index >= 15 is 0 Å². The predicted octanol–water partition coefficient (Wildman–Crippen LogP) is -1.34. The maximum atomic E-state index is 10.5. The molecule has 0 radical (unpaired) electrons. The molecule has 0 aromatic carbocycles. The third-order valence-corrected chi connectivity index (χ3v) is 1.74. The van der Waals surface area contributed by atoms with Crippen molar-refractivity contribution in [3.63, 3.8) is 0 Å². The van der Waals surface area contributed by atoms with E-state index < -0.39 is 22.1 Å². The fourth-order valence-electron chi connectivity index (χ4n) is 0.700. The number of aliphatic carboxylic acids is 1. The summed E-state index contributed by atoms with van der Waals surface area (Å²) in [4.78, 5) is 10.5. The number of carbonyl (C=O) groups is 1. The minimum atomic E-state index is -3.68. The molecule has 0 aromatic heterocycles. The number of rotatable bonds is 7. The van der Waals surface area contributed by atoms with E-state index in [1.807, 2.05) is 5.48 Å². The maximum Gasteiger partial charge on any atom is 0.323 e. The molecule has 0 bridgehead atoms. The van der Waals surface area contributed by atoms with Gasteiger partial charge in [-0.2, -0.15) is 18.2 Å². The molecular formula is C6H14N2O5S. The molecule has 0 aliphatic heterocycles. The van der Waals surface area contributed by atoms with Crippen LogP contribution in [0.1, 0.15) is 12.8 Å². The van der Waals surface area contributed by atoms with Gasteiger partial charge in [-0.1, -0.05) is 0 Å². The highest BCUT2D eigenvalue weighted by atomic mass is 32.2. The molecule has 4 N–H and O–H groups in total. The van der Waals surface area contributed by atoms with Gasteiger partial charge in [0.15, 0.2) is 0 Å². The summed E-state index contributed by atoms with van der Waals surface area (Å²) in [7, 11) is -3.68. The Morgan fingerprint density at radius 3 is 2.57 bits per heavy atom. The summed E-state index contributed by atoms with van der Waals surface area (Å²) in [5.41, 5.74) is 7.13. The summed E-state index contributed by atoms with van der Waals surface area (Å²) in [6.07, 6.45) is 1.50. The van der Waals surface area contributed by atoms with Crippen LogP contribution in [0, 0.1) is 0 Å². The molecule has 0 fully saturated rings. The topological polar surface area (TPSA) is 119 Å². The van der Waals surface area contributed by atoms with Crippen LogP contribution >= 0.6 is 0 Å². The van der Waals surface area contributed by atoms with Gasteiger partial charge >= 0.3 is 5.97 Å². The van der Waals surface area contributed by atoms with E-state index in [4.69, 9.17) is 10.8 Å². The van der Waals surface area contributed by atoms with E-state index in [0.717, 1.165) is 6.26 Å². The zero-order valence-electron chi connectivity index (χ0n) is 7.76. The van der Waals surface area contributed by atoms with E-state index in [1.54, 1.807) is 0 Å². The number of hydrogen-bond acceptors (Lipinski definition) is 6. The largest absolute Gasteiger partial charge is 0.480 e. The normalized spacial score (nSPS) is 13.9. The number of hydrogen-bond donors (Lipinski definition) is 3. The number of carboxylic acids is 1. The lowest BCUT2D eigenvalue weighted by atomic mass is 10.2. The second kappa shape index (κ2) is 5.91. The van der Waals surface area contributed by atoms with Crippen LogP contribution in [0.25, 0.3) is 0 Å². The molecule has 0 rings (SSSR count). The molecule has 84 valence electrons. The number of hydroxylamine groups is 1. The molecule has 0 aliphatic rings. The summed E-state index contributed by atoms with van der Waals surface area (Å²) >= 11 is 0. The minimum Gasteiger partial charge on any atom is -0.480 e. The van der Waals surface area contributed by atoms with E-state index in [0.29, 0.717) is 13.0 Å². The Kier molecular flexibility index (Phi) is 5.62. The molecule has 0 saturated carbocycles. The smallest absolute Gasteiger partial charge is 0.323 e. The van der Waals surface area contributed by atoms with Gasteiger partial charge in [-0.15, -0.1) is 0 Å². The Labute approximate surface area is 82.3 Å². The molecular weight excluding hydrogens is 212 g/mol. The highest BCUT2D eigenvalue weighted by molar-refractivity contribution is 7.85. The van der Waals surface area contributed by atoms with Crippen LogP contribution in [0.3, 0.4) is 0 Å². The number of nitrogens with two attached hydrogens (primary N) is 1. The van der Waals surface area contributed by atoms with Gasteiger partial charge in [0.1, 0.15) is 6.04 Å². The maximum absolute atomic E-state index is 10.5. The first-order valence-corrected chi connectivity index (χ1v) is 5.75. The standard InChI is InChI=1S/C6H14N2O5S/c1-14(11,12)13-8-5(6(9)10)3-2-4-7/h5,8H,2-4,7H2,1H3,(H,9,10)/t5-/m0/s1. The fourth-order valence-corrected chi connectivity index (χ4v) is 0.991. The molecule has 0 aromatic rings. The van der Waals surface area contributed by atoms with E-state index in [2.05, 4.69) is 4.28 Å². The highest BCUT2D eigenvalue weighted by Gasteiger charge is 2.18. The van der Waals surface area contributed by atoms with Crippen LogP contribution in [0.2, 0.25) is 0 Å². The first-order chi connectivity index (χ1) is 6.37. The lowest BCUT2D eigenvalue weighted by molar-refractivity contribution is -0.141. The van der Waals surface area contributed by atoms with Gasteiger partial charge in [-0.3, -0.25) is 4.79 Å². The predicted molar refractivity (Wildman–Crippen MR) is 48.8 cm³/mol. The summed E-state index contributed by atoms with van der Waals surface area (Å²) in [5, 5.41) is 8.62.